The summed E-state index contributed by atoms with van der Waals surface area (Å²) in [5, 5.41) is 0.610. The first-order valence-corrected chi connectivity index (χ1v) is 5.45. The van der Waals surface area contributed by atoms with E-state index in [1.165, 1.54) is 0 Å². The van der Waals surface area contributed by atoms with E-state index in [9.17, 15) is 9.59 Å². The molecule has 1 aromatic rings. The van der Waals surface area contributed by atoms with Crippen LogP contribution in [0.4, 0.5) is 4.79 Å². The van der Waals surface area contributed by atoms with Gasteiger partial charge in [-0.1, -0.05) is 23.7 Å². The molecule has 0 unspecified atom stereocenters. The number of carbonyl (C=O) groups is 2. The van der Waals surface area contributed by atoms with Crippen LogP contribution in [0.3, 0.4) is 0 Å². The van der Waals surface area contributed by atoms with Gasteiger partial charge in [-0.05, 0) is 24.6 Å². The number of ether oxygens (including phenoxy) is 1. The molecule has 0 saturated heterocycles. The maximum Gasteiger partial charge on any atom is 0.426 e. The largest absolute Gasteiger partial charge is 0.449 e. The fraction of sp³-hybridized carbons (Fsp3) is 0.273. The highest BCUT2D eigenvalue weighted by Crippen LogP contribution is 2.09. The Kier molecular flexibility index (Phi) is 5.29. The second-order valence-corrected chi connectivity index (χ2v) is 3.63. The molecular formula is C11H13ClN2O3. The minimum atomic E-state index is -0.683. The summed E-state index contributed by atoms with van der Waals surface area (Å²) >= 11 is 5.71. The molecule has 2 N–H and O–H groups in total. The van der Waals surface area contributed by atoms with E-state index in [0.717, 1.165) is 5.56 Å². The molecule has 6 heteroatoms. The van der Waals surface area contributed by atoms with E-state index in [2.05, 4.69) is 15.6 Å². The minimum absolute atomic E-state index is 0.156. The molecular weight excluding hydrogens is 244 g/mol. The van der Waals surface area contributed by atoms with Crippen LogP contribution in [-0.2, 0) is 16.0 Å². The molecule has 2 amide bonds. The first kappa shape index (κ1) is 13.3. The number of nitrogens with one attached hydrogen (secondary N) is 2. The number of hydrogen-bond donors (Lipinski definition) is 2. The van der Waals surface area contributed by atoms with Crippen LogP contribution in [-0.4, -0.2) is 18.6 Å². The maximum atomic E-state index is 11.4. The molecule has 0 aliphatic rings. The first-order chi connectivity index (χ1) is 8.11. The van der Waals surface area contributed by atoms with Gasteiger partial charge in [0.05, 0.1) is 13.0 Å². The smallest absolute Gasteiger partial charge is 0.426 e. The Morgan fingerprint density at radius 1 is 1.24 bits per heavy atom. The summed E-state index contributed by atoms with van der Waals surface area (Å²) in [5.41, 5.74) is 5.17. The highest BCUT2D eigenvalue weighted by Gasteiger charge is 2.05. The lowest BCUT2D eigenvalue weighted by Gasteiger charge is -2.07. The van der Waals surface area contributed by atoms with Crippen molar-refractivity contribution in [1.82, 2.24) is 10.9 Å². The fourth-order valence-corrected chi connectivity index (χ4v) is 1.25. The van der Waals surface area contributed by atoms with E-state index in [4.69, 9.17) is 11.6 Å². The summed E-state index contributed by atoms with van der Waals surface area (Å²) in [6.07, 6.45) is -0.527. The lowest BCUT2D eigenvalue weighted by Crippen LogP contribution is -2.42. The first-order valence-electron chi connectivity index (χ1n) is 5.08. The van der Waals surface area contributed by atoms with Crippen molar-refractivity contribution < 1.29 is 14.3 Å². The Labute approximate surface area is 104 Å². The van der Waals surface area contributed by atoms with E-state index in [0.29, 0.717) is 5.02 Å². The standard InChI is InChI=1S/C11H13ClN2O3/c1-2-17-11(16)14-13-10(15)7-8-3-5-9(12)6-4-8/h3-6H,2,7H2,1H3,(H,13,15)(H,14,16). The van der Waals surface area contributed by atoms with Crippen molar-refractivity contribution in [3.63, 3.8) is 0 Å². The molecule has 0 saturated carbocycles. The van der Waals surface area contributed by atoms with Crippen molar-refractivity contribution in [3.05, 3.63) is 34.9 Å². The van der Waals surface area contributed by atoms with Gasteiger partial charge in [0.15, 0.2) is 0 Å². The molecule has 0 bridgehead atoms. The summed E-state index contributed by atoms with van der Waals surface area (Å²) in [5.74, 6) is -0.333. The van der Waals surface area contributed by atoms with Crippen LogP contribution in [0.5, 0.6) is 0 Å². The number of carbonyl (C=O) groups excluding carboxylic acids is 2. The molecule has 0 atom stereocenters. The molecule has 5 nitrogen and oxygen atoms in total. The summed E-state index contributed by atoms with van der Waals surface area (Å²) in [6, 6.07) is 6.88. The van der Waals surface area contributed by atoms with Gasteiger partial charge in [0.2, 0.25) is 5.91 Å². The Hall–Kier alpha value is -1.75. The van der Waals surface area contributed by atoms with Gasteiger partial charge in [0, 0.05) is 5.02 Å². The van der Waals surface area contributed by atoms with Gasteiger partial charge >= 0.3 is 6.09 Å². The second-order valence-electron chi connectivity index (χ2n) is 3.20. The molecule has 0 fully saturated rings. The molecule has 0 radical (unpaired) electrons. The maximum absolute atomic E-state index is 11.4. The highest BCUT2D eigenvalue weighted by molar-refractivity contribution is 6.30. The van der Waals surface area contributed by atoms with E-state index in [1.807, 2.05) is 0 Å². The van der Waals surface area contributed by atoms with Crippen LogP contribution >= 0.6 is 11.6 Å². The number of hydrazine groups is 1. The third-order valence-corrected chi connectivity index (χ3v) is 2.11. The van der Waals surface area contributed by atoms with E-state index in [1.54, 1.807) is 31.2 Å². The minimum Gasteiger partial charge on any atom is -0.449 e. The van der Waals surface area contributed by atoms with Crippen molar-refractivity contribution in [2.24, 2.45) is 0 Å². The van der Waals surface area contributed by atoms with Gasteiger partial charge < -0.3 is 4.74 Å². The fourth-order valence-electron chi connectivity index (χ4n) is 1.12. The Balaban J connectivity index is 2.34. The van der Waals surface area contributed by atoms with Gasteiger partial charge in [-0.15, -0.1) is 0 Å². The average Bonchev–Trinajstić information content (AvgIpc) is 2.30. The molecule has 0 aliphatic heterocycles. The molecule has 0 aliphatic carbocycles. The Bertz CT molecular complexity index is 392. The van der Waals surface area contributed by atoms with Crippen molar-refractivity contribution in [2.75, 3.05) is 6.61 Å². The molecule has 1 rings (SSSR count). The quantitative estimate of drug-likeness (QED) is 0.809. The predicted octanol–water partition coefficient (Wildman–Crippen LogP) is 1.66. The molecule has 0 heterocycles. The lowest BCUT2D eigenvalue weighted by atomic mass is 10.1. The van der Waals surface area contributed by atoms with Gasteiger partial charge in [-0.2, -0.15) is 0 Å². The number of hydrogen-bond acceptors (Lipinski definition) is 3. The van der Waals surface area contributed by atoms with Crippen molar-refractivity contribution in [1.29, 1.82) is 0 Å². The zero-order valence-corrected chi connectivity index (χ0v) is 10.1. The van der Waals surface area contributed by atoms with Gasteiger partial charge in [-0.25, -0.2) is 10.2 Å². The Morgan fingerprint density at radius 2 is 1.88 bits per heavy atom. The summed E-state index contributed by atoms with van der Waals surface area (Å²) in [7, 11) is 0. The normalized spacial score (nSPS) is 9.53. The molecule has 0 spiro atoms. The van der Waals surface area contributed by atoms with E-state index >= 15 is 0 Å². The number of benzene rings is 1. The number of amides is 2. The zero-order valence-electron chi connectivity index (χ0n) is 9.33. The topological polar surface area (TPSA) is 67.4 Å². The SMILES string of the molecule is CCOC(=O)NNC(=O)Cc1ccc(Cl)cc1. The van der Waals surface area contributed by atoms with Crippen LogP contribution in [0.15, 0.2) is 24.3 Å². The van der Waals surface area contributed by atoms with Gasteiger partial charge in [-0.3, -0.25) is 10.2 Å². The molecule has 17 heavy (non-hydrogen) atoms. The third-order valence-electron chi connectivity index (χ3n) is 1.86. The van der Waals surface area contributed by atoms with Gasteiger partial charge in [0.1, 0.15) is 0 Å². The monoisotopic (exact) mass is 256 g/mol. The second kappa shape index (κ2) is 6.75. The number of rotatable bonds is 3. The molecule has 0 aromatic heterocycles. The summed E-state index contributed by atoms with van der Waals surface area (Å²) < 4.78 is 4.58. The van der Waals surface area contributed by atoms with Crippen LogP contribution in [0, 0.1) is 0 Å². The van der Waals surface area contributed by atoms with Crippen LogP contribution in [0.1, 0.15) is 12.5 Å². The van der Waals surface area contributed by atoms with Crippen molar-refractivity contribution >= 4 is 23.6 Å². The molecule has 1 aromatic carbocycles. The average molecular weight is 257 g/mol. The number of halogens is 1. The summed E-state index contributed by atoms with van der Waals surface area (Å²) in [6.45, 7) is 1.92. The van der Waals surface area contributed by atoms with E-state index in [-0.39, 0.29) is 18.9 Å². The predicted molar refractivity (Wildman–Crippen MR) is 63.5 cm³/mol. The third kappa shape index (κ3) is 5.21. The lowest BCUT2D eigenvalue weighted by molar-refractivity contribution is -0.121. The summed E-state index contributed by atoms with van der Waals surface area (Å²) in [4.78, 5) is 22.3. The van der Waals surface area contributed by atoms with Crippen LogP contribution in [0.25, 0.3) is 0 Å². The van der Waals surface area contributed by atoms with Crippen molar-refractivity contribution in [3.8, 4) is 0 Å². The zero-order chi connectivity index (χ0) is 12.7. The van der Waals surface area contributed by atoms with E-state index < -0.39 is 6.09 Å². The Morgan fingerprint density at radius 3 is 2.47 bits per heavy atom. The van der Waals surface area contributed by atoms with Crippen LogP contribution < -0.4 is 10.9 Å². The van der Waals surface area contributed by atoms with Gasteiger partial charge in [0.25, 0.3) is 0 Å². The highest BCUT2D eigenvalue weighted by atomic mass is 35.5. The molecule has 92 valence electrons. The van der Waals surface area contributed by atoms with Crippen LogP contribution in [0.2, 0.25) is 5.02 Å². The van der Waals surface area contributed by atoms with Crippen molar-refractivity contribution in [2.45, 2.75) is 13.3 Å².